The Kier molecular flexibility index (Phi) is 5.27. The van der Waals surface area contributed by atoms with Crippen LogP contribution in [-0.4, -0.2) is 23.2 Å². The predicted molar refractivity (Wildman–Crippen MR) is 116 cm³/mol. The molecule has 0 unspecified atom stereocenters. The second kappa shape index (κ2) is 8.00. The Morgan fingerprint density at radius 3 is 2.68 bits per heavy atom. The summed E-state index contributed by atoms with van der Waals surface area (Å²) in [6, 6.07) is 17.1. The number of nitrogens with zero attached hydrogens (tertiary/aromatic N) is 3. The Bertz CT molecular complexity index is 1070. The molecule has 0 saturated carbocycles. The molecule has 0 spiro atoms. The quantitative estimate of drug-likeness (QED) is 0.553. The molecule has 0 atom stereocenters. The second-order valence-electron chi connectivity index (χ2n) is 6.03. The van der Waals surface area contributed by atoms with E-state index in [4.69, 9.17) is 4.74 Å². The van der Waals surface area contributed by atoms with Crippen LogP contribution < -0.4 is 9.64 Å². The van der Waals surface area contributed by atoms with Gasteiger partial charge < -0.3 is 4.74 Å². The first-order valence-corrected chi connectivity index (χ1v) is 10.3. The number of ether oxygens (including phenoxy) is 1. The van der Waals surface area contributed by atoms with Crippen LogP contribution in [0.3, 0.4) is 0 Å². The first-order chi connectivity index (χ1) is 13.6. The van der Waals surface area contributed by atoms with Crippen LogP contribution in [0, 0.1) is 6.92 Å². The molecule has 1 aliphatic heterocycles. The normalized spacial score (nSPS) is 16.9. The summed E-state index contributed by atoms with van der Waals surface area (Å²) >= 11 is 2.81. The number of carbonyl (C=O) groups excluding carboxylic acids is 1. The van der Waals surface area contributed by atoms with Gasteiger partial charge in [0.2, 0.25) is 5.13 Å². The number of para-hydroxylation sites is 1. The molecule has 1 fully saturated rings. The largest absolute Gasteiger partial charge is 0.497 e. The van der Waals surface area contributed by atoms with Crippen molar-refractivity contribution in [2.75, 3.05) is 12.0 Å². The number of benzene rings is 2. The number of methoxy groups -OCH3 is 1. The topological polar surface area (TPSA) is 54.8 Å². The summed E-state index contributed by atoms with van der Waals surface area (Å²) in [5.74, 6) is 0.642. The van der Waals surface area contributed by atoms with Crippen LogP contribution in [0.15, 0.2) is 69.9 Å². The van der Waals surface area contributed by atoms with E-state index >= 15 is 0 Å². The van der Waals surface area contributed by atoms with Gasteiger partial charge in [-0.1, -0.05) is 30.3 Å². The summed E-state index contributed by atoms with van der Waals surface area (Å²) in [5, 5.41) is 3.18. The van der Waals surface area contributed by atoms with Crippen molar-refractivity contribution in [1.29, 1.82) is 0 Å². The van der Waals surface area contributed by atoms with Gasteiger partial charge in [-0.05, 0) is 54.6 Å². The van der Waals surface area contributed by atoms with Gasteiger partial charge in [-0.15, -0.1) is 11.3 Å². The van der Waals surface area contributed by atoms with E-state index in [2.05, 4.69) is 9.98 Å². The summed E-state index contributed by atoms with van der Waals surface area (Å²) in [6.45, 7) is 1.93. The molecule has 1 amide bonds. The molecule has 3 aromatic rings. The number of amides is 1. The van der Waals surface area contributed by atoms with Gasteiger partial charge in [-0.25, -0.2) is 4.98 Å². The van der Waals surface area contributed by atoms with Crippen molar-refractivity contribution in [3.63, 3.8) is 0 Å². The number of thioether (sulfide) groups is 1. The van der Waals surface area contributed by atoms with Gasteiger partial charge in [0.05, 0.1) is 23.4 Å². The highest BCUT2D eigenvalue weighted by molar-refractivity contribution is 8.19. The SMILES string of the molecule is COc1cccc(/C=C2\S/C(=N/c3nc(C)cs3)N(c3ccccc3)C2=O)c1. The summed E-state index contributed by atoms with van der Waals surface area (Å²) < 4.78 is 5.28. The minimum Gasteiger partial charge on any atom is -0.497 e. The third-order valence-electron chi connectivity index (χ3n) is 4.01. The van der Waals surface area contributed by atoms with Crippen molar-refractivity contribution in [3.8, 4) is 5.75 Å². The fourth-order valence-corrected chi connectivity index (χ4v) is 4.42. The minimum absolute atomic E-state index is 0.106. The number of aliphatic imine (C=N–C) groups is 1. The molecule has 4 rings (SSSR count). The molecule has 2 heterocycles. The lowest BCUT2D eigenvalue weighted by atomic mass is 10.2. The fourth-order valence-electron chi connectivity index (χ4n) is 2.71. The molecule has 2 aromatic carbocycles. The number of carbonyl (C=O) groups is 1. The number of aromatic nitrogens is 1. The molecular weight excluding hydrogens is 390 g/mol. The Labute approximate surface area is 171 Å². The number of hydrogen-bond donors (Lipinski definition) is 0. The smallest absolute Gasteiger partial charge is 0.271 e. The molecule has 7 heteroatoms. The summed E-state index contributed by atoms with van der Waals surface area (Å²) in [5.41, 5.74) is 2.59. The van der Waals surface area contributed by atoms with Crippen LogP contribution in [0.25, 0.3) is 6.08 Å². The number of anilines is 1. The van der Waals surface area contributed by atoms with Crippen molar-refractivity contribution < 1.29 is 9.53 Å². The van der Waals surface area contributed by atoms with E-state index in [1.165, 1.54) is 23.1 Å². The highest BCUT2D eigenvalue weighted by Gasteiger charge is 2.34. The molecule has 1 aromatic heterocycles. The van der Waals surface area contributed by atoms with Crippen molar-refractivity contribution in [1.82, 2.24) is 4.98 Å². The van der Waals surface area contributed by atoms with Crippen LogP contribution in [0.2, 0.25) is 0 Å². The third kappa shape index (κ3) is 3.85. The summed E-state index contributed by atoms with van der Waals surface area (Å²) in [6.07, 6.45) is 1.86. The van der Waals surface area contributed by atoms with Gasteiger partial charge in [0.1, 0.15) is 5.75 Å². The average molecular weight is 408 g/mol. The number of hydrogen-bond acceptors (Lipinski definition) is 6. The maximum atomic E-state index is 13.2. The van der Waals surface area contributed by atoms with Crippen LogP contribution in [-0.2, 0) is 4.79 Å². The van der Waals surface area contributed by atoms with Gasteiger partial charge in [-0.2, -0.15) is 4.99 Å². The van der Waals surface area contributed by atoms with E-state index in [-0.39, 0.29) is 5.91 Å². The summed E-state index contributed by atoms with van der Waals surface area (Å²) in [7, 11) is 1.62. The van der Waals surface area contributed by atoms with Crippen LogP contribution in [0.4, 0.5) is 10.8 Å². The molecule has 28 heavy (non-hydrogen) atoms. The van der Waals surface area contributed by atoms with E-state index in [0.717, 1.165) is 22.7 Å². The van der Waals surface area contributed by atoms with Crippen LogP contribution >= 0.6 is 23.1 Å². The molecule has 1 aliphatic rings. The molecule has 0 N–H and O–H groups in total. The molecule has 0 aliphatic carbocycles. The van der Waals surface area contributed by atoms with Gasteiger partial charge in [-0.3, -0.25) is 9.69 Å². The van der Waals surface area contributed by atoms with Crippen LogP contribution in [0.1, 0.15) is 11.3 Å². The molecule has 140 valence electrons. The highest BCUT2D eigenvalue weighted by atomic mass is 32.2. The van der Waals surface area contributed by atoms with Crippen molar-refractivity contribution >= 4 is 51.1 Å². The fraction of sp³-hybridized carbons (Fsp3) is 0.0952. The lowest BCUT2D eigenvalue weighted by Crippen LogP contribution is -2.28. The third-order valence-corrected chi connectivity index (χ3v) is 5.83. The number of amidine groups is 1. The van der Waals surface area contributed by atoms with Gasteiger partial charge in [0, 0.05) is 5.38 Å². The maximum absolute atomic E-state index is 13.2. The first-order valence-electron chi connectivity index (χ1n) is 8.58. The molecule has 0 bridgehead atoms. The van der Waals surface area contributed by atoms with E-state index < -0.39 is 0 Å². The minimum atomic E-state index is -0.106. The van der Waals surface area contributed by atoms with E-state index in [1.54, 1.807) is 12.0 Å². The van der Waals surface area contributed by atoms with Gasteiger partial charge >= 0.3 is 0 Å². The summed E-state index contributed by atoms with van der Waals surface area (Å²) in [4.78, 5) is 24.5. The number of thiazole rings is 1. The zero-order chi connectivity index (χ0) is 19.5. The average Bonchev–Trinajstić information content (AvgIpc) is 3.25. The maximum Gasteiger partial charge on any atom is 0.271 e. The van der Waals surface area contributed by atoms with Crippen LogP contribution in [0.5, 0.6) is 5.75 Å². The van der Waals surface area contributed by atoms with E-state index in [0.29, 0.717) is 15.2 Å². The zero-order valence-corrected chi connectivity index (χ0v) is 17.0. The number of aryl methyl sites for hydroxylation is 1. The van der Waals surface area contributed by atoms with E-state index in [9.17, 15) is 4.79 Å². The van der Waals surface area contributed by atoms with Crippen molar-refractivity contribution in [2.24, 2.45) is 4.99 Å². The van der Waals surface area contributed by atoms with Gasteiger partial charge in [0.15, 0.2) is 5.17 Å². The highest BCUT2D eigenvalue weighted by Crippen LogP contribution is 2.37. The Morgan fingerprint density at radius 2 is 1.96 bits per heavy atom. The standard InChI is InChI=1S/C21H17N3O2S2/c1-14-13-27-20(22-14)23-21-24(16-8-4-3-5-9-16)19(25)18(28-21)12-15-7-6-10-17(11-15)26-2/h3-13H,1-2H3/b18-12-,23-21+. The molecule has 1 saturated heterocycles. The Balaban J connectivity index is 1.75. The number of rotatable bonds is 4. The molecule has 0 radical (unpaired) electrons. The Morgan fingerprint density at radius 1 is 1.14 bits per heavy atom. The second-order valence-corrected chi connectivity index (χ2v) is 7.87. The van der Waals surface area contributed by atoms with E-state index in [1.807, 2.05) is 73.0 Å². The van der Waals surface area contributed by atoms with Crippen molar-refractivity contribution in [3.05, 3.63) is 76.1 Å². The molecular formula is C21H17N3O2S2. The Hall–Kier alpha value is -2.90. The van der Waals surface area contributed by atoms with Crippen molar-refractivity contribution in [2.45, 2.75) is 6.92 Å². The van der Waals surface area contributed by atoms with Gasteiger partial charge in [0.25, 0.3) is 5.91 Å². The lowest BCUT2D eigenvalue weighted by Gasteiger charge is -2.14. The predicted octanol–water partition coefficient (Wildman–Crippen LogP) is 5.27. The lowest BCUT2D eigenvalue weighted by molar-refractivity contribution is -0.113. The zero-order valence-electron chi connectivity index (χ0n) is 15.3. The monoisotopic (exact) mass is 407 g/mol. The first kappa shape index (κ1) is 18.5. The molecule has 5 nitrogen and oxygen atoms in total.